The highest BCUT2D eigenvalue weighted by Crippen LogP contribution is 2.31. The predicted molar refractivity (Wildman–Crippen MR) is 81.0 cm³/mol. The van der Waals surface area contributed by atoms with E-state index in [1.165, 1.54) is 11.1 Å². The Hall–Kier alpha value is -2.09. The molecule has 0 heterocycles. The molecule has 0 radical (unpaired) electrons. The molecular formula is C18H20O2. The van der Waals surface area contributed by atoms with Crippen LogP contribution in [0.3, 0.4) is 0 Å². The lowest BCUT2D eigenvalue weighted by Gasteiger charge is -2.26. The number of carbonyl (C=O) groups is 1. The van der Waals surface area contributed by atoms with Gasteiger partial charge in [-0.3, -0.25) is 0 Å². The van der Waals surface area contributed by atoms with E-state index < -0.39 is 0 Å². The zero-order chi connectivity index (χ0) is 14.6. The van der Waals surface area contributed by atoms with E-state index in [2.05, 4.69) is 26.0 Å². The first-order chi connectivity index (χ1) is 9.55. The summed E-state index contributed by atoms with van der Waals surface area (Å²) in [4.78, 5) is 11.7. The zero-order valence-corrected chi connectivity index (χ0v) is 12.2. The molecule has 2 heteroatoms. The van der Waals surface area contributed by atoms with E-state index in [1.54, 1.807) is 0 Å². The molecule has 0 aliphatic heterocycles. The maximum atomic E-state index is 11.7. The minimum Gasteiger partial charge on any atom is -0.462 e. The maximum Gasteiger partial charge on any atom is 0.338 e. The molecule has 2 aromatic carbocycles. The van der Waals surface area contributed by atoms with E-state index in [0.29, 0.717) is 12.2 Å². The highest BCUT2D eigenvalue weighted by atomic mass is 16.5. The van der Waals surface area contributed by atoms with Crippen molar-refractivity contribution >= 4 is 5.97 Å². The summed E-state index contributed by atoms with van der Waals surface area (Å²) >= 11 is 0. The third kappa shape index (κ3) is 2.90. The maximum absolute atomic E-state index is 11.7. The fourth-order valence-corrected chi connectivity index (χ4v) is 2.26. The summed E-state index contributed by atoms with van der Waals surface area (Å²) in [5.74, 6) is -0.267. The van der Waals surface area contributed by atoms with Crippen molar-refractivity contribution in [3.05, 3.63) is 71.3 Å². The highest BCUT2D eigenvalue weighted by Gasteiger charge is 2.22. The standard InChI is InChI=1S/C18H20O2/c1-4-20-17(19)14-10-12-16(13-11-14)18(2,3)15-8-6-5-7-9-15/h5-13H,4H2,1-3H3. The number of hydrogen-bond acceptors (Lipinski definition) is 2. The molecule has 104 valence electrons. The molecule has 0 aliphatic carbocycles. The average molecular weight is 268 g/mol. The molecule has 0 bridgehead atoms. The van der Waals surface area contributed by atoms with Gasteiger partial charge >= 0.3 is 5.97 Å². The zero-order valence-electron chi connectivity index (χ0n) is 12.2. The lowest BCUT2D eigenvalue weighted by atomic mass is 9.78. The average Bonchev–Trinajstić information content (AvgIpc) is 2.48. The monoisotopic (exact) mass is 268 g/mol. The topological polar surface area (TPSA) is 26.3 Å². The van der Waals surface area contributed by atoms with Gasteiger partial charge in [0.15, 0.2) is 0 Å². The molecule has 0 aromatic heterocycles. The molecule has 0 amide bonds. The van der Waals surface area contributed by atoms with Gasteiger partial charge in [-0.15, -0.1) is 0 Å². The predicted octanol–water partition coefficient (Wildman–Crippen LogP) is 4.19. The van der Waals surface area contributed by atoms with Crippen LogP contribution in [0.5, 0.6) is 0 Å². The van der Waals surface area contributed by atoms with E-state index in [4.69, 9.17) is 4.74 Å². The summed E-state index contributed by atoms with van der Waals surface area (Å²) < 4.78 is 5.00. The number of esters is 1. The molecule has 0 spiro atoms. The van der Waals surface area contributed by atoms with Gasteiger partial charge in [-0.1, -0.05) is 56.3 Å². The van der Waals surface area contributed by atoms with E-state index in [1.807, 2.05) is 49.4 Å². The van der Waals surface area contributed by atoms with Gasteiger partial charge in [0.05, 0.1) is 12.2 Å². The lowest BCUT2D eigenvalue weighted by Crippen LogP contribution is -2.19. The van der Waals surface area contributed by atoms with Crippen LogP contribution in [0.15, 0.2) is 54.6 Å². The Morgan fingerprint density at radius 1 is 0.950 bits per heavy atom. The van der Waals surface area contributed by atoms with Gasteiger partial charge in [0.1, 0.15) is 0 Å². The van der Waals surface area contributed by atoms with Gasteiger partial charge in [-0.05, 0) is 30.2 Å². The summed E-state index contributed by atoms with van der Waals surface area (Å²) in [5, 5.41) is 0. The molecule has 0 fully saturated rings. The molecular weight excluding hydrogens is 248 g/mol. The Balaban J connectivity index is 2.28. The molecule has 0 unspecified atom stereocenters. The molecule has 20 heavy (non-hydrogen) atoms. The van der Waals surface area contributed by atoms with Gasteiger partial charge in [0, 0.05) is 5.41 Å². The van der Waals surface area contributed by atoms with Crippen LogP contribution in [0.2, 0.25) is 0 Å². The molecule has 0 atom stereocenters. The number of ether oxygens (including phenoxy) is 1. The van der Waals surface area contributed by atoms with Crippen molar-refractivity contribution in [2.75, 3.05) is 6.61 Å². The second-order valence-corrected chi connectivity index (χ2v) is 5.29. The fraction of sp³-hybridized carbons (Fsp3) is 0.278. The van der Waals surface area contributed by atoms with E-state index >= 15 is 0 Å². The van der Waals surface area contributed by atoms with Crippen LogP contribution < -0.4 is 0 Å². The van der Waals surface area contributed by atoms with Crippen LogP contribution >= 0.6 is 0 Å². The third-order valence-corrected chi connectivity index (χ3v) is 3.61. The first kappa shape index (κ1) is 14.3. The number of rotatable bonds is 4. The second-order valence-electron chi connectivity index (χ2n) is 5.29. The molecule has 0 N–H and O–H groups in total. The van der Waals surface area contributed by atoms with Crippen molar-refractivity contribution in [3.8, 4) is 0 Å². The Kier molecular flexibility index (Phi) is 4.23. The SMILES string of the molecule is CCOC(=O)c1ccc(C(C)(C)c2ccccc2)cc1. The van der Waals surface area contributed by atoms with Crippen LogP contribution in [0.25, 0.3) is 0 Å². The minimum absolute atomic E-state index is 0.0888. The highest BCUT2D eigenvalue weighted by molar-refractivity contribution is 5.89. The van der Waals surface area contributed by atoms with Crippen molar-refractivity contribution in [3.63, 3.8) is 0 Å². The summed E-state index contributed by atoms with van der Waals surface area (Å²) in [6.45, 7) is 6.57. The van der Waals surface area contributed by atoms with E-state index in [9.17, 15) is 4.79 Å². The fourth-order valence-electron chi connectivity index (χ4n) is 2.26. The van der Waals surface area contributed by atoms with Crippen molar-refractivity contribution in [2.24, 2.45) is 0 Å². The molecule has 2 nitrogen and oxygen atoms in total. The van der Waals surface area contributed by atoms with Crippen molar-refractivity contribution in [1.82, 2.24) is 0 Å². The van der Waals surface area contributed by atoms with Crippen LogP contribution in [0.1, 0.15) is 42.3 Å². The smallest absolute Gasteiger partial charge is 0.338 e. The van der Waals surface area contributed by atoms with Crippen LogP contribution in [0, 0.1) is 0 Å². The number of carbonyl (C=O) groups excluding carboxylic acids is 1. The van der Waals surface area contributed by atoms with Crippen molar-refractivity contribution in [2.45, 2.75) is 26.2 Å². The minimum atomic E-state index is -0.267. The summed E-state index contributed by atoms with van der Waals surface area (Å²) in [6, 6.07) is 18.0. The number of hydrogen-bond donors (Lipinski definition) is 0. The van der Waals surface area contributed by atoms with Crippen molar-refractivity contribution < 1.29 is 9.53 Å². The molecule has 0 saturated heterocycles. The molecule has 0 saturated carbocycles. The van der Waals surface area contributed by atoms with Gasteiger partial charge in [-0.2, -0.15) is 0 Å². The molecule has 0 aliphatic rings. The summed E-state index contributed by atoms with van der Waals surface area (Å²) in [6.07, 6.45) is 0. The molecule has 2 rings (SSSR count). The van der Waals surface area contributed by atoms with E-state index in [0.717, 1.165) is 0 Å². The molecule has 2 aromatic rings. The van der Waals surface area contributed by atoms with Gasteiger partial charge < -0.3 is 4.74 Å². The lowest BCUT2D eigenvalue weighted by molar-refractivity contribution is 0.0526. The third-order valence-electron chi connectivity index (χ3n) is 3.61. The Labute approximate surface area is 120 Å². The Morgan fingerprint density at radius 2 is 1.50 bits per heavy atom. The first-order valence-electron chi connectivity index (χ1n) is 6.89. The summed E-state index contributed by atoms with van der Waals surface area (Å²) in [5.41, 5.74) is 2.94. The first-order valence-corrected chi connectivity index (χ1v) is 6.89. The number of benzene rings is 2. The quantitative estimate of drug-likeness (QED) is 0.777. The van der Waals surface area contributed by atoms with E-state index in [-0.39, 0.29) is 11.4 Å². The largest absolute Gasteiger partial charge is 0.462 e. The summed E-state index contributed by atoms with van der Waals surface area (Å²) in [7, 11) is 0. The van der Waals surface area contributed by atoms with Gasteiger partial charge in [0.25, 0.3) is 0 Å². The Bertz CT molecular complexity index is 568. The van der Waals surface area contributed by atoms with Crippen LogP contribution in [-0.4, -0.2) is 12.6 Å². The van der Waals surface area contributed by atoms with Gasteiger partial charge in [0.2, 0.25) is 0 Å². The van der Waals surface area contributed by atoms with Gasteiger partial charge in [-0.25, -0.2) is 4.79 Å². The van der Waals surface area contributed by atoms with Crippen molar-refractivity contribution in [1.29, 1.82) is 0 Å². The Morgan fingerprint density at radius 3 is 2.05 bits per heavy atom. The second kappa shape index (κ2) is 5.91. The van der Waals surface area contributed by atoms with Crippen LogP contribution in [-0.2, 0) is 10.2 Å². The normalized spacial score (nSPS) is 11.2. The van der Waals surface area contributed by atoms with Crippen LogP contribution in [0.4, 0.5) is 0 Å².